The molecule has 0 amide bonds. The first-order valence-electron chi connectivity index (χ1n) is 5.85. The van der Waals surface area contributed by atoms with Gasteiger partial charge in [0.05, 0.1) is 6.10 Å². The van der Waals surface area contributed by atoms with Crippen molar-refractivity contribution in [3.63, 3.8) is 0 Å². The van der Waals surface area contributed by atoms with E-state index in [4.69, 9.17) is 0 Å². The number of aliphatic hydroxyl groups excluding tert-OH is 1. The number of hydrogen-bond donors (Lipinski definition) is 1. The summed E-state index contributed by atoms with van der Waals surface area (Å²) < 4.78 is 27.3. The number of rotatable bonds is 3. The summed E-state index contributed by atoms with van der Waals surface area (Å²) in [6.45, 7) is 1.77. The summed E-state index contributed by atoms with van der Waals surface area (Å²) in [5.41, 5.74) is 1.79. The van der Waals surface area contributed by atoms with Crippen LogP contribution < -0.4 is 0 Å². The van der Waals surface area contributed by atoms with Gasteiger partial charge in [-0.25, -0.2) is 8.78 Å². The monoisotopic (exact) mass is 326 g/mol. The molecule has 2 rings (SSSR count). The summed E-state index contributed by atoms with van der Waals surface area (Å²) in [7, 11) is 0. The molecule has 0 fully saturated rings. The van der Waals surface area contributed by atoms with E-state index in [2.05, 4.69) is 15.9 Å². The molecule has 1 nitrogen and oxygen atoms in total. The van der Waals surface area contributed by atoms with Crippen LogP contribution in [0.25, 0.3) is 0 Å². The lowest BCUT2D eigenvalue weighted by Gasteiger charge is -2.14. The molecule has 2 aromatic rings. The molecule has 19 heavy (non-hydrogen) atoms. The average Bonchev–Trinajstić information content (AvgIpc) is 2.32. The highest BCUT2D eigenvalue weighted by molar-refractivity contribution is 9.10. The first-order valence-corrected chi connectivity index (χ1v) is 6.64. The Balaban J connectivity index is 2.23. The van der Waals surface area contributed by atoms with Crippen LogP contribution in [0.3, 0.4) is 0 Å². The number of hydrogen-bond acceptors (Lipinski definition) is 1. The van der Waals surface area contributed by atoms with Crippen molar-refractivity contribution in [3.8, 4) is 0 Å². The molecule has 0 bridgehead atoms. The van der Waals surface area contributed by atoms with Crippen molar-refractivity contribution in [2.75, 3.05) is 0 Å². The summed E-state index contributed by atoms with van der Waals surface area (Å²) in [6.07, 6.45) is -0.692. The Bertz CT molecular complexity index is 599. The highest BCUT2D eigenvalue weighted by Crippen LogP contribution is 2.25. The molecule has 100 valence electrons. The molecule has 1 unspecified atom stereocenters. The van der Waals surface area contributed by atoms with Gasteiger partial charge in [0.2, 0.25) is 0 Å². The fraction of sp³-hybridized carbons (Fsp3) is 0.200. The molecule has 1 N–H and O–H groups in total. The highest BCUT2D eigenvalue weighted by atomic mass is 79.9. The van der Waals surface area contributed by atoms with E-state index < -0.39 is 11.9 Å². The molecule has 0 aliphatic rings. The van der Waals surface area contributed by atoms with Gasteiger partial charge in [0.25, 0.3) is 0 Å². The molecule has 0 spiro atoms. The molecule has 0 heterocycles. The van der Waals surface area contributed by atoms with Crippen molar-refractivity contribution in [1.82, 2.24) is 0 Å². The second-order valence-corrected chi connectivity index (χ2v) is 5.37. The molecule has 0 radical (unpaired) electrons. The lowest BCUT2D eigenvalue weighted by Crippen LogP contribution is -2.05. The standard InChI is InChI=1S/C15H13BrF2O/c1-9-6-12(17)4-2-10(9)7-15(19)13-5-3-11(16)8-14(13)18/h2-6,8,15,19H,7H2,1H3. The van der Waals surface area contributed by atoms with Crippen molar-refractivity contribution in [2.24, 2.45) is 0 Å². The van der Waals surface area contributed by atoms with Gasteiger partial charge >= 0.3 is 0 Å². The molecule has 0 saturated carbocycles. The van der Waals surface area contributed by atoms with Gasteiger partial charge < -0.3 is 5.11 Å². The van der Waals surface area contributed by atoms with Gasteiger partial charge in [0.15, 0.2) is 0 Å². The number of benzene rings is 2. The number of aliphatic hydroxyl groups is 1. The maximum absolute atomic E-state index is 13.7. The largest absolute Gasteiger partial charge is 0.388 e. The summed E-state index contributed by atoms with van der Waals surface area (Å²) in [6, 6.07) is 8.90. The Kier molecular flexibility index (Phi) is 4.32. The molecule has 2 aromatic carbocycles. The van der Waals surface area contributed by atoms with Crippen LogP contribution in [0.1, 0.15) is 22.8 Å². The molecule has 4 heteroatoms. The van der Waals surface area contributed by atoms with Crippen molar-refractivity contribution in [1.29, 1.82) is 0 Å². The molecule has 0 aliphatic carbocycles. The lowest BCUT2D eigenvalue weighted by atomic mass is 9.98. The lowest BCUT2D eigenvalue weighted by molar-refractivity contribution is 0.173. The van der Waals surface area contributed by atoms with Crippen molar-refractivity contribution >= 4 is 15.9 Å². The van der Waals surface area contributed by atoms with Gasteiger partial charge in [-0.05, 0) is 42.3 Å². The van der Waals surface area contributed by atoms with Gasteiger partial charge in [0.1, 0.15) is 11.6 Å². The number of halogens is 3. The normalized spacial score (nSPS) is 12.5. The zero-order chi connectivity index (χ0) is 14.0. The van der Waals surface area contributed by atoms with Crippen molar-refractivity contribution < 1.29 is 13.9 Å². The van der Waals surface area contributed by atoms with Crippen LogP contribution in [0, 0.1) is 18.6 Å². The first kappa shape index (κ1) is 14.2. The van der Waals surface area contributed by atoms with Crippen LogP contribution in [0.2, 0.25) is 0 Å². The van der Waals surface area contributed by atoms with E-state index in [1.807, 2.05) is 0 Å². The van der Waals surface area contributed by atoms with Gasteiger partial charge in [-0.15, -0.1) is 0 Å². The zero-order valence-electron chi connectivity index (χ0n) is 10.3. The molecule has 0 saturated heterocycles. The third-order valence-corrected chi connectivity index (χ3v) is 3.53. The minimum Gasteiger partial charge on any atom is -0.388 e. The highest BCUT2D eigenvalue weighted by Gasteiger charge is 2.15. The Morgan fingerprint density at radius 3 is 2.53 bits per heavy atom. The summed E-state index contributed by atoms with van der Waals surface area (Å²) in [4.78, 5) is 0. The van der Waals surface area contributed by atoms with E-state index in [1.54, 1.807) is 25.1 Å². The molecular formula is C15H13BrF2O. The minimum absolute atomic E-state index is 0.243. The van der Waals surface area contributed by atoms with E-state index in [0.29, 0.717) is 4.47 Å². The predicted octanol–water partition coefficient (Wildman–Crippen LogP) is 4.31. The fourth-order valence-electron chi connectivity index (χ4n) is 1.98. The van der Waals surface area contributed by atoms with Gasteiger partial charge in [-0.1, -0.05) is 28.1 Å². The Morgan fingerprint density at radius 1 is 1.16 bits per heavy atom. The second-order valence-electron chi connectivity index (χ2n) is 4.46. The maximum Gasteiger partial charge on any atom is 0.130 e. The van der Waals surface area contributed by atoms with E-state index in [9.17, 15) is 13.9 Å². The Hall–Kier alpha value is -1.26. The minimum atomic E-state index is -0.947. The third kappa shape index (κ3) is 3.39. The van der Waals surface area contributed by atoms with Gasteiger partial charge in [-0.2, -0.15) is 0 Å². The van der Waals surface area contributed by atoms with Crippen molar-refractivity contribution in [2.45, 2.75) is 19.4 Å². The third-order valence-electron chi connectivity index (χ3n) is 3.04. The molecular weight excluding hydrogens is 314 g/mol. The summed E-state index contributed by atoms with van der Waals surface area (Å²) in [5.74, 6) is -0.771. The van der Waals surface area contributed by atoms with Crippen molar-refractivity contribution in [3.05, 3.63) is 69.2 Å². The average molecular weight is 327 g/mol. The number of aryl methyl sites for hydroxylation is 1. The Morgan fingerprint density at radius 2 is 1.89 bits per heavy atom. The SMILES string of the molecule is Cc1cc(F)ccc1CC(O)c1ccc(Br)cc1F. The second kappa shape index (κ2) is 5.80. The Labute approximate surface area is 119 Å². The van der Waals surface area contributed by atoms with E-state index in [1.165, 1.54) is 18.2 Å². The van der Waals surface area contributed by atoms with Crippen LogP contribution >= 0.6 is 15.9 Å². The first-order chi connectivity index (χ1) is 8.97. The topological polar surface area (TPSA) is 20.2 Å². The van der Waals surface area contributed by atoms with E-state index in [-0.39, 0.29) is 17.8 Å². The van der Waals surface area contributed by atoms with E-state index in [0.717, 1.165) is 11.1 Å². The predicted molar refractivity (Wildman–Crippen MR) is 73.9 cm³/mol. The summed E-state index contributed by atoms with van der Waals surface area (Å²) >= 11 is 3.17. The van der Waals surface area contributed by atoms with Crippen LogP contribution in [0.5, 0.6) is 0 Å². The van der Waals surface area contributed by atoms with Gasteiger partial charge in [0, 0.05) is 16.5 Å². The van der Waals surface area contributed by atoms with Crippen LogP contribution in [-0.4, -0.2) is 5.11 Å². The fourth-order valence-corrected chi connectivity index (χ4v) is 2.31. The van der Waals surface area contributed by atoms with Crippen LogP contribution in [0.4, 0.5) is 8.78 Å². The van der Waals surface area contributed by atoms with Crippen LogP contribution in [-0.2, 0) is 6.42 Å². The molecule has 1 atom stereocenters. The van der Waals surface area contributed by atoms with E-state index >= 15 is 0 Å². The molecule has 0 aromatic heterocycles. The maximum atomic E-state index is 13.7. The molecule has 0 aliphatic heterocycles. The summed E-state index contributed by atoms with van der Waals surface area (Å²) in [5, 5.41) is 10.1. The quantitative estimate of drug-likeness (QED) is 0.891. The van der Waals surface area contributed by atoms with Gasteiger partial charge in [-0.3, -0.25) is 0 Å². The van der Waals surface area contributed by atoms with Crippen LogP contribution in [0.15, 0.2) is 40.9 Å². The smallest absolute Gasteiger partial charge is 0.130 e. The zero-order valence-corrected chi connectivity index (χ0v) is 11.9.